The zero-order valence-electron chi connectivity index (χ0n) is 17.0. The van der Waals surface area contributed by atoms with Crippen molar-refractivity contribution in [2.75, 3.05) is 27.9 Å². The first-order chi connectivity index (χ1) is 14.0. The molecule has 8 heteroatoms. The highest BCUT2D eigenvalue weighted by Crippen LogP contribution is 2.37. The van der Waals surface area contributed by atoms with Gasteiger partial charge >= 0.3 is 0 Å². The molecule has 29 heavy (non-hydrogen) atoms. The summed E-state index contributed by atoms with van der Waals surface area (Å²) in [6.45, 7) is 2.45. The largest absolute Gasteiger partial charge is 0.493 e. The molecule has 0 spiro atoms. The van der Waals surface area contributed by atoms with Gasteiger partial charge in [-0.2, -0.15) is 5.10 Å². The van der Waals surface area contributed by atoms with E-state index in [-0.39, 0.29) is 5.91 Å². The average molecular weight is 465 g/mol. The Morgan fingerprint density at radius 2 is 1.76 bits per heavy atom. The zero-order valence-corrected chi connectivity index (χ0v) is 18.5. The smallest absolute Gasteiger partial charge is 0.240 e. The molecule has 0 atom stereocenters. The maximum absolute atomic E-state index is 11.9. The van der Waals surface area contributed by atoms with E-state index in [4.69, 9.17) is 18.9 Å². The average Bonchev–Trinajstić information content (AvgIpc) is 2.71. The number of nitrogens with zero attached hydrogens (tertiary/aromatic N) is 1. The van der Waals surface area contributed by atoms with Gasteiger partial charge in [-0.15, -0.1) is 0 Å². The number of halogens is 1. The van der Waals surface area contributed by atoms with Crippen LogP contribution in [-0.4, -0.2) is 40.1 Å². The van der Waals surface area contributed by atoms with Gasteiger partial charge in [0, 0.05) is 12.0 Å². The number of carbonyl (C=O) groups is 1. The standard InChI is InChI=1S/C21H25BrN2O5/c1-14-7-8-17(16(22)10-14)29-9-5-6-20(25)24-23-13-15-11-18(26-2)21(28-4)19(12-15)27-3/h7-8,10-13H,5-6,9H2,1-4H3,(H,24,25)/b23-13+. The Morgan fingerprint density at radius 1 is 1.07 bits per heavy atom. The highest BCUT2D eigenvalue weighted by Gasteiger charge is 2.12. The highest BCUT2D eigenvalue weighted by atomic mass is 79.9. The number of benzene rings is 2. The minimum absolute atomic E-state index is 0.194. The number of aryl methyl sites for hydroxylation is 1. The van der Waals surface area contributed by atoms with Crippen molar-refractivity contribution in [3.8, 4) is 23.0 Å². The third-order valence-electron chi connectivity index (χ3n) is 3.98. The fraction of sp³-hybridized carbons (Fsp3) is 0.333. The van der Waals surface area contributed by atoms with Gasteiger partial charge in [0.15, 0.2) is 11.5 Å². The number of rotatable bonds is 10. The summed E-state index contributed by atoms with van der Waals surface area (Å²) in [5.74, 6) is 2.09. The number of amides is 1. The molecule has 7 nitrogen and oxygen atoms in total. The molecule has 0 bridgehead atoms. The zero-order chi connectivity index (χ0) is 21.2. The summed E-state index contributed by atoms with van der Waals surface area (Å²) in [6, 6.07) is 9.35. The molecule has 0 aromatic heterocycles. The molecule has 0 aliphatic carbocycles. The molecule has 156 valence electrons. The lowest BCUT2D eigenvalue weighted by atomic mass is 10.2. The summed E-state index contributed by atoms with van der Waals surface area (Å²) in [5, 5.41) is 3.98. The maximum Gasteiger partial charge on any atom is 0.240 e. The van der Waals surface area contributed by atoms with E-state index in [1.807, 2.05) is 25.1 Å². The van der Waals surface area contributed by atoms with Gasteiger partial charge in [-0.05, 0) is 59.1 Å². The number of hydrazone groups is 1. The van der Waals surface area contributed by atoms with Crippen LogP contribution < -0.4 is 24.4 Å². The molecule has 0 aliphatic rings. The summed E-state index contributed by atoms with van der Waals surface area (Å²) in [6.07, 6.45) is 2.39. The van der Waals surface area contributed by atoms with Crippen molar-refractivity contribution in [2.24, 2.45) is 5.10 Å². The van der Waals surface area contributed by atoms with E-state index in [9.17, 15) is 4.79 Å². The number of carbonyl (C=O) groups excluding carboxylic acids is 1. The summed E-state index contributed by atoms with van der Waals surface area (Å²) in [5.41, 5.74) is 4.35. The second-order valence-electron chi connectivity index (χ2n) is 6.14. The molecular formula is C21H25BrN2O5. The van der Waals surface area contributed by atoms with Gasteiger partial charge in [-0.1, -0.05) is 6.07 Å². The van der Waals surface area contributed by atoms with Gasteiger partial charge in [0.05, 0.1) is 38.6 Å². The topological polar surface area (TPSA) is 78.4 Å². The fourth-order valence-corrected chi connectivity index (χ4v) is 3.16. The second kappa shape index (κ2) is 11.3. The van der Waals surface area contributed by atoms with Crippen molar-refractivity contribution in [2.45, 2.75) is 19.8 Å². The Morgan fingerprint density at radius 3 is 2.34 bits per heavy atom. The quantitative estimate of drug-likeness (QED) is 0.325. The van der Waals surface area contributed by atoms with E-state index >= 15 is 0 Å². The van der Waals surface area contributed by atoms with E-state index in [2.05, 4.69) is 26.5 Å². The summed E-state index contributed by atoms with van der Waals surface area (Å²) < 4.78 is 22.4. The lowest BCUT2D eigenvalue weighted by Crippen LogP contribution is -2.18. The van der Waals surface area contributed by atoms with Crippen molar-refractivity contribution in [1.29, 1.82) is 0 Å². The Kier molecular flexibility index (Phi) is 8.79. The first-order valence-electron chi connectivity index (χ1n) is 8.99. The maximum atomic E-state index is 11.9. The third kappa shape index (κ3) is 6.67. The molecular weight excluding hydrogens is 440 g/mol. The van der Waals surface area contributed by atoms with Crippen LogP contribution in [0.1, 0.15) is 24.0 Å². The first kappa shape index (κ1) is 22.5. The minimum atomic E-state index is -0.194. The van der Waals surface area contributed by atoms with E-state index in [1.54, 1.807) is 12.1 Å². The molecule has 0 saturated carbocycles. The van der Waals surface area contributed by atoms with E-state index < -0.39 is 0 Å². The number of ether oxygens (including phenoxy) is 4. The number of hydrogen-bond acceptors (Lipinski definition) is 6. The van der Waals surface area contributed by atoms with Gasteiger partial charge in [-0.25, -0.2) is 5.43 Å². The van der Waals surface area contributed by atoms with Crippen LogP contribution in [-0.2, 0) is 4.79 Å². The molecule has 1 amide bonds. The van der Waals surface area contributed by atoms with Crippen LogP contribution in [0.5, 0.6) is 23.0 Å². The molecule has 0 radical (unpaired) electrons. The van der Waals surface area contributed by atoms with Crippen molar-refractivity contribution >= 4 is 28.1 Å². The Hall–Kier alpha value is -2.74. The van der Waals surface area contributed by atoms with Gasteiger partial charge in [0.2, 0.25) is 11.7 Å². The minimum Gasteiger partial charge on any atom is -0.493 e. The molecule has 0 aliphatic heterocycles. The fourth-order valence-electron chi connectivity index (χ4n) is 2.55. The van der Waals surface area contributed by atoms with Gasteiger partial charge < -0.3 is 18.9 Å². The highest BCUT2D eigenvalue weighted by molar-refractivity contribution is 9.10. The van der Waals surface area contributed by atoms with Crippen LogP contribution in [0, 0.1) is 6.92 Å². The van der Waals surface area contributed by atoms with Crippen LogP contribution in [0.4, 0.5) is 0 Å². The Bertz CT molecular complexity index is 845. The number of hydrogen-bond donors (Lipinski definition) is 1. The monoisotopic (exact) mass is 464 g/mol. The predicted molar refractivity (Wildman–Crippen MR) is 115 cm³/mol. The van der Waals surface area contributed by atoms with Crippen LogP contribution in [0.15, 0.2) is 39.9 Å². The molecule has 0 fully saturated rings. The predicted octanol–water partition coefficient (Wildman–Crippen LogP) is 4.09. The van der Waals surface area contributed by atoms with Gasteiger partial charge in [0.25, 0.3) is 0 Å². The van der Waals surface area contributed by atoms with E-state index in [1.165, 1.54) is 27.5 Å². The van der Waals surface area contributed by atoms with Crippen LogP contribution in [0.25, 0.3) is 0 Å². The van der Waals surface area contributed by atoms with Crippen LogP contribution in [0.2, 0.25) is 0 Å². The first-order valence-corrected chi connectivity index (χ1v) is 9.78. The molecule has 0 saturated heterocycles. The number of nitrogens with one attached hydrogen (secondary N) is 1. The van der Waals surface area contributed by atoms with Crippen molar-refractivity contribution in [3.05, 3.63) is 45.9 Å². The van der Waals surface area contributed by atoms with E-state index in [0.717, 1.165) is 15.8 Å². The van der Waals surface area contributed by atoms with Gasteiger partial charge in [-0.3, -0.25) is 4.79 Å². The van der Waals surface area contributed by atoms with Crippen LogP contribution in [0.3, 0.4) is 0 Å². The van der Waals surface area contributed by atoms with E-state index in [0.29, 0.717) is 42.3 Å². The molecule has 2 aromatic rings. The van der Waals surface area contributed by atoms with Crippen molar-refractivity contribution in [3.63, 3.8) is 0 Å². The van der Waals surface area contributed by atoms with Crippen molar-refractivity contribution in [1.82, 2.24) is 5.43 Å². The lowest BCUT2D eigenvalue weighted by molar-refractivity contribution is -0.121. The van der Waals surface area contributed by atoms with Crippen molar-refractivity contribution < 1.29 is 23.7 Å². The normalized spacial score (nSPS) is 10.7. The summed E-state index contributed by atoms with van der Waals surface area (Å²) in [7, 11) is 4.62. The Balaban J connectivity index is 1.82. The summed E-state index contributed by atoms with van der Waals surface area (Å²) >= 11 is 3.46. The Labute approximate surface area is 179 Å². The molecule has 0 heterocycles. The third-order valence-corrected chi connectivity index (χ3v) is 4.60. The molecule has 2 rings (SSSR count). The molecule has 0 unspecified atom stereocenters. The molecule has 1 N–H and O–H groups in total. The second-order valence-corrected chi connectivity index (χ2v) is 6.99. The van der Waals surface area contributed by atoms with Crippen LogP contribution >= 0.6 is 15.9 Å². The molecule has 2 aromatic carbocycles. The lowest BCUT2D eigenvalue weighted by Gasteiger charge is -2.12. The summed E-state index contributed by atoms with van der Waals surface area (Å²) in [4.78, 5) is 11.9. The number of methoxy groups -OCH3 is 3. The SMILES string of the molecule is COc1cc(/C=N/NC(=O)CCCOc2ccc(C)cc2Br)cc(OC)c1OC. The van der Waals surface area contributed by atoms with Gasteiger partial charge in [0.1, 0.15) is 5.75 Å².